The van der Waals surface area contributed by atoms with Crippen molar-refractivity contribution in [3.63, 3.8) is 0 Å². The number of thioether (sulfide) groups is 1. The molecule has 5 rings (SSSR count). The molecule has 0 bridgehead atoms. The van der Waals surface area contributed by atoms with Gasteiger partial charge in [0.2, 0.25) is 11.8 Å². The molecule has 3 atom stereocenters. The molecule has 0 radical (unpaired) electrons. The molecule has 2 aromatic heterocycles. The molecule has 2 amide bonds. The number of carbonyl (C=O) groups excluding carboxylic acids is 3. The third kappa shape index (κ3) is 3.51. The van der Waals surface area contributed by atoms with E-state index in [0.717, 1.165) is 28.0 Å². The van der Waals surface area contributed by atoms with Gasteiger partial charge < -0.3 is 9.15 Å². The van der Waals surface area contributed by atoms with Crippen LogP contribution in [0.25, 0.3) is 0 Å². The minimum absolute atomic E-state index is 0.173. The number of rotatable bonds is 5. The van der Waals surface area contributed by atoms with Gasteiger partial charge in [0.15, 0.2) is 0 Å². The van der Waals surface area contributed by atoms with Crippen LogP contribution in [0.4, 0.5) is 10.1 Å². The summed E-state index contributed by atoms with van der Waals surface area (Å²) in [4.78, 5) is 53.0. The molecular weight excluding hydrogens is 471 g/mol. The Morgan fingerprint density at radius 2 is 1.91 bits per heavy atom. The highest BCUT2D eigenvalue weighted by atomic mass is 32.2. The average Bonchev–Trinajstić information content (AvgIpc) is 3.48. The predicted molar refractivity (Wildman–Crippen MR) is 118 cm³/mol. The first-order valence-corrected chi connectivity index (χ1v) is 11.8. The fourth-order valence-electron chi connectivity index (χ4n) is 4.21. The fourth-order valence-corrected chi connectivity index (χ4v) is 6.96. The number of benzene rings is 1. The highest BCUT2D eigenvalue weighted by Gasteiger charge is 2.57. The van der Waals surface area contributed by atoms with E-state index in [2.05, 4.69) is 0 Å². The van der Waals surface area contributed by atoms with Crippen LogP contribution in [-0.4, -0.2) is 34.2 Å². The van der Waals surface area contributed by atoms with E-state index in [0.29, 0.717) is 15.7 Å². The van der Waals surface area contributed by atoms with E-state index < -0.39 is 40.7 Å². The maximum Gasteiger partial charge on any atom is 0.326 e. The van der Waals surface area contributed by atoms with Crippen LogP contribution in [0.3, 0.4) is 0 Å². The summed E-state index contributed by atoms with van der Waals surface area (Å²) in [6.07, 6.45) is 1.46. The summed E-state index contributed by atoms with van der Waals surface area (Å²) in [7, 11) is 0. The van der Waals surface area contributed by atoms with Crippen molar-refractivity contribution in [1.82, 2.24) is 4.57 Å². The molecule has 4 heterocycles. The van der Waals surface area contributed by atoms with E-state index in [1.807, 2.05) is 0 Å². The van der Waals surface area contributed by atoms with Crippen molar-refractivity contribution < 1.29 is 27.9 Å². The number of fused-ring (bicyclic) bond motifs is 2. The van der Waals surface area contributed by atoms with Gasteiger partial charge in [-0.15, -0.1) is 0 Å². The molecule has 0 saturated carbocycles. The number of amides is 2. The molecule has 1 aromatic carbocycles. The number of aromatic nitrogens is 1. The summed E-state index contributed by atoms with van der Waals surface area (Å²) in [6, 6.07) is 8.48. The second-order valence-corrected chi connectivity index (χ2v) is 9.60. The van der Waals surface area contributed by atoms with Gasteiger partial charge in [-0.25, -0.2) is 9.29 Å². The smallest absolute Gasteiger partial charge is 0.326 e. The number of nitrogens with zero attached hydrogens (tertiary/aromatic N) is 2. The third-order valence-electron chi connectivity index (χ3n) is 5.58. The molecule has 170 valence electrons. The minimum atomic E-state index is -0.840. The van der Waals surface area contributed by atoms with Crippen LogP contribution in [-0.2, 0) is 25.7 Å². The lowest BCUT2D eigenvalue weighted by molar-refractivity contribution is -0.144. The van der Waals surface area contributed by atoms with Crippen LogP contribution >= 0.6 is 23.1 Å². The molecular formula is C22H17FN2O6S2. The Labute approximate surface area is 194 Å². The standard InChI is InChI=1S/C22H17FN2O6S2/c1-2-30-14(26)10-24-21-18(33-22(24)29)15(13-4-3-9-31-13)16-17(32-21)20(28)25(19(16)27)12-7-5-11(23)6-8-12/h3-9,15-17H,2,10H2,1H3/t15-,16-,17+/m0/s1. The van der Waals surface area contributed by atoms with Crippen molar-refractivity contribution in [3.8, 4) is 0 Å². The Kier molecular flexibility index (Phi) is 5.45. The topological polar surface area (TPSA) is 98.8 Å². The Morgan fingerprint density at radius 1 is 1.15 bits per heavy atom. The lowest BCUT2D eigenvalue weighted by Gasteiger charge is -2.28. The lowest BCUT2D eigenvalue weighted by Crippen LogP contribution is -2.32. The number of esters is 1. The number of carbonyl (C=O) groups is 3. The zero-order chi connectivity index (χ0) is 23.3. The van der Waals surface area contributed by atoms with E-state index >= 15 is 0 Å². The summed E-state index contributed by atoms with van der Waals surface area (Å²) >= 11 is 2.01. The zero-order valence-electron chi connectivity index (χ0n) is 17.2. The van der Waals surface area contributed by atoms with E-state index in [1.54, 1.807) is 19.1 Å². The first kappa shape index (κ1) is 21.7. The molecule has 2 aliphatic heterocycles. The maximum absolute atomic E-state index is 13.5. The Bertz CT molecular complexity index is 1300. The predicted octanol–water partition coefficient (Wildman–Crippen LogP) is 3.00. The van der Waals surface area contributed by atoms with Crippen LogP contribution in [0.2, 0.25) is 0 Å². The summed E-state index contributed by atoms with van der Waals surface area (Å²) < 4.78 is 25.3. The molecule has 0 aliphatic carbocycles. The number of hydrogen-bond donors (Lipinski definition) is 0. The highest BCUT2D eigenvalue weighted by molar-refractivity contribution is 8.00. The number of thiazole rings is 1. The largest absolute Gasteiger partial charge is 0.469 e. The van der Waals surface area contributed by atoms with Gasteiger partial charge in [0.1, 0.15) is 23.4 Å². The maximum atomic E-state index is 13.5. The number of anilines is 1. The average molecular weight is 489 g/mol. The van der Waals surface area contributed by atoms with Crippen molar-refractivity contribution in [2.45, 2.75) is 29.7 Å². The molecule has 33 heavy (non-hydrogen) atoms. The summed E-state index contributed by atoms with van der Waals surface area (Å²) in [5, 5.41) is -0.393. The van der Waals surface area contributed by atoms with Crippen molar-refractivity contribution in [2.24, 2.45) is 5.92 Å². The lowest BCUT2D eigenvalue weighted by atomic mass is 9.87. The Balaban J connectivity index is 1.61. The van der Waals surface area contributed by atoms with Crippen LogP contribution < -0.4 is 9.77 Å². The van der Waals surface area contributed by atoms with Gasteiger partial charge in [-0.05, 0) is 43.3 Å². The molecule has 0 spiro atoms. The van der Waals surface area contributed by atoms with Crippen molar-refractivity contribution in [2.75, 3.05) is 11.5 Å². The van der Waals surface area contributed by atoms with Gasteiger partial charge in [0, 0.05) is 0 Å². The molecule has 1 fully saturated rings. The second-order valence-electron chi connectivity index (χ2n) is 7.47. The monoisotopic (exact) mass is 488 g/mol. The highest BCUT2D eigenvalue weighted by Crippen LogP contribution is 2.53. The first-order valence-electron chi connectivity index (χ1n) is 10.1. The van der Waals surface area contributed by atoms with Crippen LogP contribution in [0.15, 0.2) is 56.9 Å². The van der Waals surface area contributed by atoms with Gasteiger partial charge in [-0.2, -0.15) is 0 Å². The van der Waals surface area contributed by atoms with Crippen molar-refractivity contribution >= 4 is 46.6 Å². The zero-order valence-corrected chi connectivity index (χ0v) is 18.9. The van der Waals surface area contributed by atoms with Crippen molar-refractivity contribution in [1.29, 1.82) is 0 Å². The van der Waals surface area contributed by atoms with Crippen molar-refractivity contribution in [3.05, 3.63) is 68.8 Å². The third-order valence-corrected chi connectivity index (χ3v) is 8.18. The number of hydrogen-bond acceptors (Lipinski definition) is 8. The van der Waals surface area contributed by atoms with E-state index in [9.17, 15) is 23.6 Å². The van der Waals surface area contributed by atoms with Gasteiger partial charge in [-0.1, -0.05) is 23.1 Å². The molecule has 1 saturated heterocycles. The fraction of sp³-hybridized carbons (Fsp3) is 0.273. The second kappa shape index (κ2) is 8.31. The molecule has 2 aliphatic rings. The van der Waals surface area contributed by atoms with E-state index in [1.165, 1.54) is 35.1 Å². The van der Waals surface area contributed by atoms with Gasteiger partial charge in [-0.3, -0.25) is 23.7 Å². The van der Waals surface area contributed by atoms with Crippen LogP contribution in [0.1, 0.15) is 23.5 Å². The quantitative estimate of drug-likeness (QED) is 0.402. The van der Waals surface area contributed by atoms with Gasteiger partial charge in [0.05, 0.1) is 40.3 Å². The normalized spacial score (nSPS) is 21.8. The summed E-state index contributed by atoms with van der Waals surface area (Å²) in [5.41, 5.74) is 0.270. The summed E-state index contributed by atoms with van der Waals surface area (Å²) in [5.74, 6) is -3.02. The van der Waals surface area contributed by atoms with Gasteiger partial charge >= 0.3 is 10.8 Å². The summed E-state index contributed by atoms with van der Waals surface area (Å²) in [6.45, 7) is 1.55. The number of imide groups is 1. The first-order chi connectivity index (χ1) is 15.9. The van der Waals surface area contributed by atoms with Crippen LogP contribution in [0, 0.1) is 11.7 Å². The number of furan rings is 1. The molecule has 3 aromatic rings. The molecule has 0 N–H and O–H groups in total. The Hall–Kier alpha value is -3.18. The van der Waals surface area contributed by atoms with E-state index in [4.69, 9.17) is 9.15 Å². The van der Waals surface area contributed by atoms with Gasteiger partial charge in [0.25, 0.3) is 0 Å². The van der Waals surface area contributed by atoms with Crippen LogP contribution in [0.5, 0.6) is 0 Å². The minimum Gasteiger partial charge on any atom is -0.469 e. The number of ether oxygens (including phenoxy) is 1. The number of halogens is 1. The molecule has 11 heteroatoms. The molecule has 0 unspecified atom stereocenters. The molecule has 8 nitrogen and oxygen atoms in total. The Morgan fingerprint density at radius 3 is 2.58 bits per heavy atom. The SMILES string of the molecule is CCOC(=O)Cn1c2c(sc1=O)[C@@H](c1ccco1)[C@@H]1C(=O)N(c3ccc(F)cc3)C(=O)[C@@H]1S2. The van der Waals surface area contributed by atoms with E-state index in [-0.39, 0.29) is 23.7 Å².